The summed E-state index contributed by atoms with van der Waals surface area (Å²) in [6.07, 6.45) is 3.41. The van der Waals surface area contributed by atoms with Crippen molar-refractivity contribution in [3.63, 3.8) is 0 Å². The monoisotopic (exact) mass is 344 g/mol. The number of hydrogen-bond acceptors (Lipinski definition) is 4. The summed E-state index contributed by atoms with van der Waals surface area (Å²) < 4.78 is 0. The zero-order chi connectivity index (χ0) is 16.9. The highest BCUT2D eigenvalue weighted by molar-refractivity contribution is 6.30. The molecule has 1 fully saturated rings. The molecule has 1 saturated heterocycles. The van der Waals surface area contributed by atoms with E-state index in [1.54, 1.807) is 24.4 Å². The number of benzene rings is 1. The summed E-state index contributed by atoms with van der Waals surface area (Å²) in [6.45, 7) is 7.24. The Kier molecular flexibility index (Phi) is 5.33. The highest BCUT2D eigenvalue weighted by atomic mass is 35.5. The number of anilines is 2. The lowest BCUT2D eigenvalue weighted by Crippen LogP contribution is -2.46. The predicted molar refractivity (Wildman–Crippen MR) is 98.0 cm³/mol. The molecule has 1 aliphatic heterocycles. The fourth-order valence-electron chi connectivity index (χ4n) is 2.82. The second-order valence-electron chi connectivity index (χ2n) is 5.82. The minimum Gasteiger partial charge on any atom is -0.368 e. The van der Waals surface area contributed by atoms with Gasteiger partial charge in [-0.15, -0.1) is 0 Å². The van der Waals surface area contributed by atoms with Crippen LogP contribution in [0.2, 0.25) is 5.02 Å². The smallest absolute Gasteiger partial charge is 0.257 e. The number of halogens is 1. The van der Waals surface area contributed by atoms with Crippen LogP contribution in [0.1, 0.15) is 17.3 Å². The van der Waals surface area contributed by atoms with Crippen LogP contribution in [0.15, 0.2) is 42.7 Å². The Morgan fingerprint density at radius 2 is 2.00 bits per heavy atom. The highest BCUT2D eigenvalue weighted by Crippen LogP contribution is 2.19. The van der Waals surface area contributed by atoms with E-state index in [1.165, 1.54) is 0 Å². The molecule has 1 aromatic heterocycles. The zero-order valence-electron chi connectivity index (χ0n) is 13.7. The lowest BCUT2D eigenvalue weighted by molar-refractivity contribution is 0.102. The molecule has 0 bridgehead atoms. The van der Waals surface area contributed by atoms with Crippen molar-refractivity contribution in [1.82, 2.24) is 9.88 Å². The van der Waals surface area contributed by atoms with Crippen molar-refractivity contribution in [1.29, 1.82) is 0 Å². The van der Waals surface area contributed by atoms with Crippen LogP contribution in [0.25, 0.3) is 0 Å². The largest absolute Gasteiger partial charge is 0.368 e. The Morgan fingerprint density at radius 1 is 1.21 bits per heavy atom. The lowest BCUT2D eigenvalue weighted by Gasteiger charge is -2.35. The number of carbonyl (C=O) groups excluding carboxylic acids is 1. The fourth-order valence-corrected chi connectivity index (χ4v) is 3.01. The molecule has 0 radical (unpaired) electrons. The topological polar surface area (TPSA) is 48.5 Å². The van der Waals surface area contributed by atoms with Crippen molar-refractivity contribution >= 4 is 28.9 Å². The first-order valence-electron chi connectivity index (χ1n) is 8.15. The van der Waals surface area contributed by atoms with E-state index >= 15 is 0 Å². The first-order chi connectivity index (χ1) is 11.7. The third-order valence-electron chi connectivity index (χ3n) is 4.25. The van der Waals surface area contributed by atoms with E-state index in [0.717, 1.165) is 38.4 Å². The number of piperazine rings is 1. The normalized spacial score (nSPS) is 15.3. The molecule has 1 aliphatic rings. The molecule has 0 spiro atoms. The summed E-state index contributed by atoms with van der Waals surface area (Å²) in [6, 6.07) is 9.01. The summed E-state index contributed by atoms with van der Waals surface area (Å²) in [5.74, 6) is -0.182. The standard InChI is InChI=1S/C18H21ClN4O/c1-2-22-6-8-23(9-7-22)17-10-14(12-20-13-17)18(24)21-16-5-3-4-15(19)11-16/h3-5,10-13H,2,6-9H2,1H3,(H,21,24). The first kappa shape index (κ1) is 16.7. The third kappa shape index (κ3) is 4.04. The van der Waals surface area contributed by atoms with Crippen molar-refractivity contribution in [3.05, 3.63) is 53.3 Å². The maximum Gasteiger partial charge on any atom is 0.257 e. The van der Waals surface area contributed by atoms with Crippen molar-refractivity contribution in [2.45, 2.75) is 6.92 Å². The molecular formula is C18H21ClN4O. The van der Waals surface area contributed by atoms with Gasteiger partial charge in [0.25, 0.3) is 5.91 Å². The molecule has 6 heteroatoms. The van der Waals surface area contributed by atoms with E-state index in [4.69, 9.17) is 11.6 Å². The van der Waals surface area contributed by atoms with Crippen molar-refractivity contribution < 1.29 is 4.79 Å². The Morgan fingerprint density at radius 3 is 2.71 bits per heavy atom. The molecule has 3 rings (SSSR count). The molecule has 0 unspecified atom stereocenters. The molecule has 0 saturated carbocycles. The van der Waals surface area contributed by atoms with E-state index in [1.807, 2.05) is 18.3 Å². The molecule has 2 heterocycles. The van der Waals surface area contributed by atoms with Gasteiger partial charge in [0.1, 0.15) is 0 Å². The summed E-state index contributed by atoms with van der Waals surface area (Å²) in [5, 5.41) is 3.45. The van der Waals surface area contributed by atoms with Gasteiger partial charge >= 0.3 is 0 Å². The number of hydrogen-bond donors (Lipinski definition) is 1. The van der Waals surface area contributed by atoms with Crippen LogP contribution in [0.4, 0.5) is 11.4 Å². The van der Waals surface area contributed by atoms with Gasteiger partial charge in [-0.2, -0.15) is 0 Å². The minimum absolute atomic E-state index is 0.182. The Hall–Kier alpha value is -2.11. The van der Waals surface area contributed by atoms with E-state index in [-0.39, 0.29) is 5.91 Å². The maximum absolute atomic E-state index is 12.4. The second-order valence-corrected chi connectivity index (χ2v) is 6.25. The van der Waals surface area contributed by atoms with Gasteiger partial charge < -0.3 is 15.1 Å². The van der Waals surface area contributed by atoms with Gasteiger partial charge in [0, 0.05) is 43.1 Å². The van der Waals surface area contributed by atoms with Crippen LogP contribution >= 0.6 is 11.6 Å². The predicted octanol–water partition coefficient (Wildman–Crippen LogP) is 3.13. The van der Waals surface area contributed by atoms with Crippen LogP contribution in [-0.4, -0.2) is 48.5 Å². The molecule has 1 amide bonds. The lowest BCUT2D eigenvalue weighted by atomic mass is 10.2. The van der Waals surface area contributed by atoms with Gasteiger partial charge in [0.15, 0.2) is 0 Å². The molecule has 1 aromatic carbocycles. The molecular weight excluding hydrogens is 324 g/mol. The van der Waals surface area contributed by atoms with Crippen LogP contribution in [0, 0.1) is 0 Å². The number of aromatic nitrogens is 1. The quantitative estimate of drug-likeness (QED) is 0.925. The molecule has 5 nitrogen and oxygen atoms in total. The highest BCUT2D eigenvalue weighted by Gasteiger charge is 2.17. The molecule has 0 atom stereocenters. The molecule has 24 heavy (non-hydrogen) atoms. The average Bonchev–Trinajstić information content (AvgIpc) is 2.62. The number of rotatable bonds is 4. The first-order valence-corrected chi connectivity index (χ1v) is 8.53. The summed E-state index contributed by atoms with van der Waals surface area (Å²) >= 11 is 5.95. The van der Waals surface area contributed by atoms with Crippen molar-refractivity contribution in [3.8, 4) is 0 Å². The zero-order valence-corrected chi connectivity index (χ0v) is 14.5. The van der Waals surface area contributed by atoms with Gasteiger partial charge in [0.2, 0.25) is 0 Å². The summed E-state index contributed by atoms with van der Waals surface area (Å²) in [4.78, 5) is 21.4. The molecule has 2 aromatic rings. The Labute approximate surface area is 147 Å². The van der Waals surface area contributed by atoms with E-state index < -0.39 is 0 Å². The molecule has 0 aliphatic carbocycles. The summed E-state index contributed by atoms with van der Waals surface area (Å²) in [5.41, 5.74) is 2.21. The summed E-state index contributed by atoms with van der Waals surface area (Å²) in [7, 11) is 0. The average molecular weight is 345 g/mol. The van der Waals surface area contributed by atoms with Gasteiger partial charge in [0.05, 0.1) is 17.4 Å². The molecule has 1 N–H and O–H groups in total. The molecule has 126 valence electrons. The number of nitrogens with zero attached hydrogens (tertiary/aromatic N) is 3. The minimum atomic E-state index is -0.182. The Bertz CT molecular complexity index is 714. The number of nitrogens with one attached hydrogen (secondary N) is 1. The van der Waals surface area contributed by atoms with Crippen molar-refractivity contribution in [2.24, 2.45) is 0 Å². The van der Waals surface area contributed by atoms with Crippen LogP contribution in [0.3, 0.4) is 0 Å². The van der Waals surface area contributed by atoms with Gasteiger partial charge in [-0.25, -0.2) is 0 Å². The van der Waals surface area contributed by atoms with Crippen LogP contribution < -0.4 is 10.2 Å². The van der Waals surface area contributed by atoms with Crippen LogP contribution in [0.5, 0.6) is 0 Å². The van der Waals surface area contributed by atoms with Gasteiger partial charge in [-0.3, -0.25) is 9.78 Å². The van der Waals surface area contributed by atoms with Crippen LogP contribution in [-0.2, 0) is 0 Å². The second kappa shape index (κ2) is 7.64. The number of carbonyl (C=O) groups is 1. The SMILES string of the molecule is CCN1CCN(c2cncc(C(=O)Nc3cccc(Cl)c3)c2)CC1. The Balaban J connectivity index is 1.69. The van der Waals surface area contributed by atoms with Gasteiger partial charge in [-0.1, -0.05) is 24.6 Å². The van der Waals surface area contributed by atoms with Gasteiger partial charge in [-0.05, 0) is 30.8 Å². The third-order valence-corrected chi connectivity index (χ3v) is 4.49. The van der Waals surface area contributed by atoms with E-state index in [9.17, 15) is 4.79 Å². The number of likely N-dealkylation sites (N-methyl/N-ethyl adjacent to an activating group) is 1. The van der Waals surface area contributed by atoms with Crippen molar-refractivity contribution in [2.75, 3.05) is 42.9 Å². The number of pyridine rings is 1. The van der Waals surface area contributed by atoms with E-state index in [0.29, 0.717) is 16.3 Å². The fraction of sp³-hybridized carbons (Fsp3) is 0.333. The maximum atomic E-state index is 12.4. The number of amides is 1. The van der Waals surface area contributed by atoms with E-state index in [2.05, 4.69) is 27.0 Å².